The number of rotatable bonds is 2. The van der Waals surface area contributed by atoms with Crippen LogP contribution in [0.25, 0.3) is 0 Å². The van der Waals surface area contributed by atoms with Gasteiger partial charge in [-0.3, -0.25) is 0 Å². The van der Waals surface area contributed by atoms with E-state index in [2.05, 4.69) is 0 Å². The molecule has 0 aliphatic rings. The van der Waals surface area contributed by atoms with Crippen LogP contribution >= 0.6 is 0 Å². The first-order valence-electron chi connectivity index (χ1n) is 4.04. The molecule has 5 heteroatoms. The molecule has 14 heavy (non-hydrogen) atoms. The summed E-state index contributed by atoms with van der Waals surface area (Å²) in [6, 6.07) is 2.80. The number of halogens is 3. The van der Waals surface area contributed by atoms with Crippen LogP contribution in [0.5, 0.6) is 5.75 Å². The normalized spacial score (nSPS) is 11.7. The summed E-state index contributed by atoms with van der Waals surface area (Å²) in [6.45, 7) is 0.203. The molecule has 0 unspecified atom stereocenters. The molecule has 0 fully saturated rings. The molecule has 0 aliphatic heterocycles. The lowest BCUT2D eigenvalue weighted by Gasteiger charge is -2.09. The molecule has 0 bridgehead atoms. The molecule has 1 aromatic rings. The molecular weight excluding hydrogens is 195 g/mol. The minimum absolute atomic E-state index is 0.150. The van der Waals surface area contributed by atoms with Crippen LogP contribution in [0.2, 0.25) is 0 Å². The van der Waals surface area contributed by atoms with E-state index >= 15 is 0 Å². The van der Waals surface area contributed by atoms with Crippen molar-refractivity contribution in [3.8, 4) is 5.75 Å². The van der Waals surface area contributed by atoms with E-state index in [4.69, 9.17) is 5.73 Å². The SMILES string of the molecule is NCCc1cc(C(F)(F)F)ccc1O. The van der Waals surface area contributed by atoms with E-state index in [0.717, 1.165) is 18.2 Å². The van der Waals surface area contributed by atoms with Crippen LogP contribution in [0.3, 0.4) is 0 Å². The van der Waals surface area contributed by atoms with Crippen molar-refractivity contribution < 1.29 is 18.3 Å². The van der Waals surface area contributed by atoms with E-state index < -0.39 is 11.7 Å². The number of aromatic hydroxyl groups is 1. The maximum absolute atomic E-state index is 12.2. The number of hydrogen-bond acceptors (Lipinski definition) is 2. The van der Waals surface area contributed by atoms with Gasteiger partial charge in [-0.25, -0.2) is 0 Å². The Bertz CT molecular complexity index is 322. The lowest BCUT2D eigenvalue weighted by Crippen LogP contribution is -2.08. The molecule has 0 aliphatic carbocycles. The number of phenolic OH excluding ortho intramolecular Hbond substituents is 1. The molecule has 0 aromatic heterocycles. The van der Waals surface area contributed by atoms with Gasteiger partial charge in [-0.1, -0.05) is 0 Å². The molecule has 0 saturated carbocycles. The molecule has 1 rings (SSSR count). The van der Waals surface area contributed by atoms with Crippen LogP contribution in [0, 0.1) is 0 Å². The van der Waals surface area contributed by atoms with Gasteiger partial charge in [0, 0.05) is 0 Å². The molecule has 0 atom stereocenters. The van der Waals surface area contributed by atoms with Crippen molar-refractivity contribution in [2.45, 2.75) is 12.6 Å². The quantitative estimate of drug-likeness (QED) is 0.774. The smallest absolute Gasteiger partial charge is 0.416 e. The number of nitrogens with two attached hydrogens (primary N) is 1. The molecule has 0 saturated heterocycles. The fourth-order valence-corrected chi connectivity index (χ4v) is 1.12. The summed E-state index contributed by atoms with van der Waals surface area (Å²) in [6.07, 6.45) is -4.15. The molecule has 2 nitrogen and oxygen atoms in total. The highest BCUT2D eigenvalue weighted by Crippen LogP contribution is 2.32. The third-order valence-electron chi connectivity index (χ3n) is 1.82. The van der Waals surface area contributed by atoms with Crippen molar-refractivity contribution in [1.29, 1.82) is 0 Å². The van der Waals surface area contributed by atoms with Crippen molar-refractivity contribution in [3.63, 3.8) is 0 Å². The monoisotopic (exact) mass is 205 g/mol. The minimum Gasteiger partial charge on any atom is -0.508 e. The first kappa shape index (κ1) is 10.8. The Balaban J connectivity index is 3.06. The summed E-state index contributed by atoms with van der Waals surface area (Å²) in [5.41, 5.74) is 4.66. The number of phenols is 1. The van der Waals surface area contributed by atoms with E-state index in [-0.39, 0.29) is 24.3 Å². The minimum atomic E-state index is -4.38. The van der Waals surface area contributed by atoms with Gasteiger partial charge in [-0.05, 0) is 36.7 Å². The highest BCUT2D eigenvalue weighted by atomic mass is 19.4. The van der Waals surface area contributed by atoms with E-state index in [1.807, 2.05) is 0 Å². The number of benzene rings is 1. The molecule has 3 N–H and O–H groups in total. The van der Waals surface area contributed by atoms with Crippen LogP contribution in [0.1, 0.15) is 11.1 Å². The fourth-order valence-electron chi connectivity index (χ4n) is 1.12. The first-order chi connectivity index (χ1) is 6.45. The summed E-state index contributed by atoms with van der Waals surface area (Å²) < 4.78 is 36.7. The second-order valence-electron chi connectivity index (χ2n) is 2.88. The molecule has 78 valence electrons. The maximum atomic E-state index is 12.2. The molecule has 0 radical (unpaired) electrons. The topological polar surface area (TPSA) is 46.2 Å². The highest BCUT2D eigenvalue weighted by molar-refractivity contribution is 5.37. The molecule has 0 spiro atoms. The van der Waals surface area contributed by atoms with Gasteiger partial charge in [0.05, 0.1) is 5.56 Å². The van der Waals surface area contributed by atoms with Crippen molar-refractivity contribution in [1.82, 2.24) is 0 Å². The summed E-state index contributed by atoms with van der Waals surface area (Å²) in [4.78, 5) is 0. The highest BCUT2D eigenvalue weighted by Gasteiger charge is 2.30. The largest absolute Gasteiger partial charge is 0.508 e. The van der Waals surface area contributed by atoms with Crippen molar-refractivity contribution in [2.75, 3.05) is 6.54 Å². The van der Waals surface area contributed by atoms with E-state index in [1.165, 1.54) is 0 Å². The van der Waals surface area contributed by atoms with Crippen LogP contribution in [-0.2, 0) is 12.6 Å². The van der Waals surface area contributed by atoms with Gasteiger partial charge in [-0.15, -0.1) is 0 Å². The van der Waals surface area contributed by atoms with Crippen LogP contribution in [0.15, 0.2) is 18.2 Å². The Morgan fingerprint density at radius 2 is 1.93 bits per heavy atom. The summed E-state index contributed by atoms with van der Waals surface area (Å²) in [7, 11) is 0. The van der Waals surface area contributed by atoms with Crippen molar-refractivity contribution in [3.05, 3.63) is 29.3 Å². The first-order valence-corrected chi connectivity index (χ1v) is 4.04. The van der Waals surface area contributed by atoms with Gasteiger partial charge < -0.3 is 10.8 Å². The second kappa shape index (κ2) is 3.88. The van der Waals surface area contributed by atoms with Crippen molar-refractivity contribution >= 4 is 0 Å². The Morgan fingerprint density at radius 3 is 2.43 bits per heavy atom. The predicted molar refractivity (Wildman–Crippen MR) is 45.9 cm³/mol. The van der Waals surface area contributed by atoms with Gasteiger partial charge in [0.1, 0.15) is 5.75 Å². The fraction of sp³-hybridized carbons (Fsp3) is 0.333. The lowest BCUT2D eigenvalue weighted by molar-refractivity contribution is -0.137. The van der Waals surface area contributed by atoms with Crippen LogP contribution in [0.4, 0.5) is 13.2 Å². The lowest BCUT2D eigenvalue weighted by atomic mass is 10.1. The second-order valence-corrected chi connectivity index (χ2v) is 2.88. The molecular formula is C9H10F3NO. The Hall–Kier alpha value is -1.23. The third kappa shape index (κ3) is 2.38. The zero-order valence-corrected chi connectivity index (χ0v) is 7.30. The summed E-state index contributed by atoms with van der Waals surface area (Å²) >= 11 is 0. The van der Waals surface area contributed by atoms with Gasteiger partial charge in [0.25, 0.3) is 0 Å². The van der Waals surface area contributed by atoms with Crippen LogP contribution in [-0.4, -0.2) is 11.7 Å². The Kier molecular flexibility index (Phi) is 3.00. The molecule has 0 amide bonds. The van der Waals surface area contributed by atoms with E-state index in [9.17, 15) is 18.3 Å². The standard InChI is InChI=1S/C9H10F3NO/c10-9(11,12)7-1-2-8(14)6(5-7)3-4-13/h1-2,5,14H,3-4,13H2. The van der Waals surface area contributed by atoms with Crippen LogP contribution < -0.4 is 5.73 Å². The Labute approximate surface area is 79.2 Å². The maximum Gasteiger partial charge on any atom is 0.416 e. The van der Waals surface area contributed by atoms with Crippen molar-refractivity contribution in [2.24, 2.45) is 5.73 Å². The van der Waals surface area contributed by atoms with Gasteiger partial charge in [-0.2, -0.15) is 13.2 Å². The molecule has 1 aromatic carbocycles. The van der Waals surface area contributed by atoms with Gasteiger partial charge in [0.15, 0.2) is 0 Å². The summed E-state index contributed by atoms with van der Waals surface area (Å²) in [5, 5.41) is 9.21. The van der Waals surface area contributed by atoms with E-state index in [1.54, 1.807) is 0 Å². The van der Waals surface area contributed by atoms with Gasteiger partial charge >= 0.3 is 6.18 Å². The van der Waals surface area contributed by atoms with Gasteiger partial charge in [0.2, 0.25) is 0 Å². The average Bonchev–Trinajstić information content (AvgIpc) is 2.07. The third-order valence-corrected chi connectivity index (χ3v) is 1.82. The Morgan fingerprint density at radius 1 is 1.29 bits per heavy atom. The summed E-state index contributed by atoms with van der Waals surface area (Å²) in [5.74, 6) is -0.150. The number of hydrogen-bond donors (Lipinski definition) is 2. The zero-order valence-electron chi connectivity index (χ0n) is 7.30. The average molecular weight is 205 g/mol. The van der Waals surface area contributed by atoms with E-state index in [0.29, 0.717) is 0 Å². The predicted octanol–water partition coefficient (Wildman–Crippen LogP) is 1.91. The number of alkyl halides is 3. The molecule has 0 heterocycles. The zero-order chi connectivity index (χ0) is 10.8.